The van der Waals surface area contributed by atoms with E-state index in [-0.39, 0.29) is 0 Å². The van der Waals surface area contributed by atoms with E-state index in [2.05, 4.69) is 33.8 Å². The van der Waals surface area contributed by atoms with Gasteiger partial charge in [0, 0.05) is 19.8 Å². The average Bonchev–Trinajstić information content (AvgIpc) is 2.78. The Hall–Kier alpha value is -0.363. The molecule has 0 atom stereocenters. The first-order valence-corrected chi connectivity index (χ1v) is 15.1. The largest absolute Gasteiger partial charge is 0.749 e. The maximum atomic E-state index is 6.26. The third-order valence-electron chi connectivity index (χ3n) is 5.36. The number of hydrogen-bond acceptors (Lipinski definition) is 4. The topological polar surface area (TPSA) is 36.9 Å². The summed E-state index contributed by atoms with van der Waals surface area (Å²) in [5.74, 6) is 0. The molecule has 0 aromatic rings. The van der Waals surface area contributed by atoms with Crippen LogP contribution in [-0.4, -0.2) is 28.9 Å². The molecule has 0 N–H and O–H groups in total. The highest BCUT2D eigenvalue weighted by atomic mass is 28.4. The number of rotatable bonds is 25. The molecule has 0 rings (SSSR count). The van der Waals surface area contributed by atoms with Gasteiger partial charge in [-0.25, -0.2) is 0 Å². The third kappa shape index (κ3) is 20.0. The number of unbranched alkanes of at least 4 members (excludes halogenated alkanes) is 13. The van der Waals surface area contributed by atoms with Crippen molar-refractivity contribution in [1.82, 2.24) is 0 Å². The molecule has 31 heavy (non-hydrogen) atoms. The minimum Gasteiger partial charge on any atom is -0.487 e. The lowest BCUT2D eigenvalue weighted by Crippen LogP contribution is -2.48. The molecule has 0 amide bonds. The summed E-state index contributed by atoms with van der Waals surface area (Å²) in [6.07, 6.45) is 24.0. The lowest BCUT2D eigenvalue weighted by atomic mass is 10.2. The Kier molecular flexibility index (Phi) is 24.0. The first-order chi connectivity index (χ1) is 15.2. The summed E-state index contributed by atoms with van der Waals surface area (Å²) < 4.78 is 24.9. The Labute approximate surface area is 196 Å². The second-order valence-electron chi connectivity index (χ2n) is 8.57. The summed E-state index contributed by atoms with van der Waals surface area (Å²) in [6.45, 7) is 10.9. The van der Waals surface area contributed by atoms with Gasteiger partial charge in [-0.15, -0.1) is 0 Å². The number of hydrogen-bond donors (Lipinski definition) is 0. The van der Waals surface area contributed by atoms with E-state index in [4.69, 9.17) is 17.7 Å². The van der Waals surface area contributed by atoms with Crippen LogP contribution in [0, 0.1) is 0 Å². The van der Waals surface area contributed by atoms with Gasteiger partial charge in [-0.1, -0.05) is 111 Å². The van der Waals surface area contributed by atoms with Gasteiger partial charge in [0.2, 0.25) is 0 Å². The maximum Gasteiger partial charge on any atom is 0.749 e. The molecule has 0 aromatic carbocycles. The van der Waals surface area contributed by atoms with Crippen LogP contribution in [0.15, 0.2) is 12.3 Å². The highest BCUT2D eigenvalue weighted by molar-refractivity contribution is 6.53. The molecular weight excluding hydrogens is 404 g/mol. The van der Waals surface area contributed by atoms with Gasteiger partial charge in [0.25, 0.3) is 0 Å². The second kappa shape index (κ2) is 24.3. The zero-order valence-corrected chi connectivity index (χ0v) is 22.4. The standard InChI is InChI=1S/C26H54O4Si/c1-5-9-13-17-18-22-26-30-31(27-23-19-14-10-6-2,28-24-20-15-11-7-3)29-25-21-16-12-8-4/h22,26H,5-21,23-25H2,1-4H3. The van der Waals surface area contributed by atoms with Gasteiger partial charge in [0.15, 0.2) is 0 Å². The first kappa shape index (κ1) is 30.6. The van der Waals surface area contributed by atoms with Crippen molar-refractivity contribution in [2.75, 3.05) is 19.8 Å². The van der Waals surface area contributed by atoms with Gasteiger partial charge in [0.05, 0.1) is 6.26 Å². The fourth-order valence-electron chi connectivity index (χ4n) is 3.29. The van der Waals surface area contributed by atoms with Gasteiger partial charge in [-0.2, -0.15) is 0 Å². The van der Waals surface area contributed by atoms with Crippen LogP contribution in [0.25, 0.3) is 0 Å². The normalized spacial score (nSPS) is 12.1. The monoisotopic (exact) mass is 458 g/mol. The molecule has 0 spiro atoms. The van der Waals surface area contributed by atoms with Crippen molar-refractivity contribution in [3.8, 4) is 0 Å². The van der Waals surface area contributed by atoms with E-state index >= 15 is 0 Å². The zero-order chi connectivity index (χ0) is 22.9. The van der Waals surface area contributed by atoms with Crippen LogP contribution in [-0.2, 0) is 17.7 Å². The van der Waals surface area contributed by atoms with Crippen LogP contribution in [0.3, 0.4) is 0 Å². The molecule has 0 saturated carbocycles. The van der Waals surface area contributed by atoms with Crippen molar-refractivity contribution in [2.24, 2.45) is 0 Å². The Morgan fingerprint density at radius 2 is 0.871 bits per heavy atom. The molecule has 0 saturated heterocycles. The van der Waals surface area contributed by atoms with E-state index in [1.807, 2.05) is 0 Å². The van der Waals surface area contributed by atoms with E-state index in [0.717, 1.165) is 25.7 Å². The smallest absolute Gasteiger partial charge is 0.487 e. The van der Waals surface area contributed by atoms with E-state index < -0.39 is 9.05 Å². The molecule has 0 aliphatic rings. The van der Waals surface area contributed by atoms with Crippen LogP contribution in [0.4, 0.5) is 0 Å². The minimum atomic E-state index is -3.14. The van der Waals surface area contributed by atoms with Crippen molar-refractivity contribution >= 4 is 9.05 Å². The molecule has 5 heteroatoms. The Bertz CT molecular complexity index is 340. The van der Waals surface area contributed by atoms with Gasteiger partial charge in [-0.3, -0.25) is 0 Å². The van der Waals surface area contributed by atoms with E-state index in [9.17, 15) is 0 Å². The van der Waals surface area contributed by atoms with E-state index in [1.54, 1.807) is 6.26 Å². The lowest BCUT2D eigenvalue weighted by Gasteiger charge is -2.27. The third-order valence-corrected chi connectivity index (χ3v) is 7.46. The van der Waals surface area contributed by atoms with Gasteiger partial charge in [0.1, 0.15) is 0 Å². The molecule has 0 aromatic heterocycles. The van der Waals surface area contributed by atoms with Crippen LogP contribution >= 0.6 is 0 Å². The highest BCUT2D eigenvalue weighted by Crippen LogP contribution is 2.17. The molecular formula is C26H54O4Si. The molecule has 0 radical (unpaired) electrons. The first-order valence-electron chi connectivity index (χ1n) is 13.5. The molecule has 0 aliphatic carbocycles. The molecule has 0 bridgehead atoms. The molecule has 4 nitrogen and oxygen atoms in total. The quantitative estimate of drug-likeness (QED) is 0.0778. The van der Waals surface area contributed by atoms with E-state index in [1.165, 1.54) is 83.5 Å². The Morgan fingerprint density at radius 1 is 0.484 bits per heavy atom. The van der Waals surface area contributed by atoms with Crippen molar-refractivity contribution < 1.29 is 17.7 Å². The Balaban J connectivity index is 4.81. The minimum absolute atomic E-state index is 0.653. The second-order valence-corrected chi connectivity index (χ2v) is 10.7. The van der Waals surface area contributed by atoms with Crippen LogP contribution < -0.4 is 0 Å². The summed E-state index contributed by atoms with van der Waals surface area (Å²) in [7, 11) is -3.14. The van der Waals surface area contributed by atoms with Crippen molar-refractivity contribution in [3.05, 3.63) is 12.3 Å². The highest BCUT2D eigenvalue weighted by Gasteiger charge is 2.47. The summed E-state index contributed by atoms with van der Waals surface area (Å²) in [5.41, 5.74) is 0. The predicted octanol–water partition coefficient (Wildman–Crippen LogP) is 8.71. The zero-order valence-electron chi connectivity index (χ0n) is 21.4. The fraction of sp³-hybridized carbons (Fsp3) is 0.923. The summed E-state index contributed by atoms with van der Waals surface area (Å²) in [6, 6.07) is 0. The number of allylic oxidation sites excluding steroid dienone is 1. The van der Waals surface area contributed by atoms with Crippen molar-refractivity contribution in [3.63, 3.8) is 0 Å². The summed E-state index contributed by atoms with van der Waals surface area (Å²) >= 11 is 0. The molecule has 0 heterocycles. The summed E-state index contributed by atoms with van der Waals surface area (Å²) in [4.78, 5) is 0. The molecule has 0 fully saturated rings. The van der Waals surface area contributed by atoms with Crippen molar-refractivity contribution in [1.29, 1.82) is 0 Å². The van der Waals surface area contributed by atoms with Gasteiger partial charge in [-0.05, 0) is 32.1 Å². The maximum absolute atomic E-state index is 6.26. The SMILES string of the molecule is CCCCCCC=CO[Si](OCCCCCC)(OCCCCCC)OCCCCCC. The molecule has 0 unspecified atom stereocenters. The predicted molar refractivity (Wildman–Crippen MR) is 135 cm³/mol. The average molecular weight is 459 g/mol. The van der Waals surface area contributed by atoms with Crippen LogP contribution in [0.1, 0.15) is 137 Å². The lowest BCUT2D eigenvalue weighted by molar-refractivity contribution is -0.0151. The van der Waals surface area contributed by atoms with Crippen LogP contribution in [0.5, 0.6) is 0 Å². The van der Waals surface area contributed by atoms with Gasteiger partial charge >= 0.3 is 9.05 Å². The molecule has 0 aliphatic heterocycles. The van der Waals surface area contributed by atoms with Gasteiger partial charge < -0.3 is 17.7 Å². The molecule has 186 valence electrons. The van der Waals surface area contributed by atoms with Crippen molar-refractivity contribution in [2.45, 2.75) is 137 Å². The fourth-order valence-corrected chi connectivity index (χ4v) is 5.19. The van der Waals surface area contributed by atoms with Crippen LogP contribution in [0.2, 0.25) is 0 Å². The summed E-state index contributed by atoms with van der Waals surface area (Å²) in [5, 5.41) is 0. The van der Waals surface area contributed by atoms with E-state index in [0.29, 0.717) is 19.8 Å². The Morgan fingerprint density at radius 3 is 1.26 bits per heavy atom.